The maximum Gasteiger partial charge on any atom is 0.239 e. The highest BCUT2D eigenvalue weighted by molar-refractivity contribution is 5.82. The lowest BCUT2D eigenvalue weighted by Gasteiger charge is -2.26. The standard InChI is InChI=1S/C12H20N4O/c1-3-10(2)11(15)12(17)16(8-4-6-13)9-5-7-14/h10-11H,3-5,8-9,15H2,1-2H3. The van der Waals surface area contributed by atoms with Crippen LogP contribution in [0.2, 0.25) is 0 Å². The molecule has 1 amide bonds. The van der Waals surface area contributed by atoms with Gasteiger partial charge in [-0.05, 0) is 5.92 Å². The van der Waals surface area contributed by atoms with Gasteiger partial charge in [-0.1, -0.05) is 20.3 Å². The van der Waals surface area contributed by atoms with Crippen molar-refractivity contribution in [1.82, 2.24) is 4.90 Å². The molecule has 5 heteroatoms. The molecule has 17 heavy (non-hydrogen) atoms. The van der Waals surface area contributed by atoms with Crippen molar-refractivity contribution in [1.29, 1.82) is 10.5 Å². The summed E-state index contributed by atoms with van der Waals surface area (Å²) in [6.45, 7) is 4.60. The van der Waals surface area contributed by atoms with Gasteiger partial charge in [-0.25, -0.2) is 0 Å². The normalized spacial score (nSPS) is 13.2. The molecule has 2 N–H and O–H groups in total. The van der Waals surface area contributed by atoms with E-state index in [1.54, 1.807) is 0 Å². The van der Waals surface area contributed by atoms with Crippen LogP contribution in [-0.4, -0.2) is 29.9 Å². The fraction of sp³-hybridized carbons (Fsp3) is 0.750. The summed E-state index contributed by atoms with van der Waals surface area (Å²) in [5, 5.41) is 17.1. The molecular formula is C12H20N4O. The fourth-order valence-corrected chi connectivity index (χ4v) is 1.41. The first kappa shape index (κ1) is 15.4. The molecule has 0 aliphatic carbocycles. The number of hydrogen-bond acceptors (Lipinski definition) is 4. The predicted octanol–water partition coefficient (Wildman–Crippen LogP) is 1.02. The van der Waals surface area contributed by atoms with Crippen LogP contribution in [0.15, 0.2) is 0 Å². The second-order valence-corrected chi connectivity index (χ2v) is 4.05. The van der Waals surface area contributed by atoms with E-state index in [-0.39, 0.29) is 24.7 Å². The Balaban J connectivity index is 4.51. The molecule has 0 aromatic heterocycles. The summed E-state index contributed by atoms with van der Waals surface area (Å²) in [7, 11) is 0. The van der Waals surface area contributed by atoms with E-state index in [4.69, 9.17) is 16.3 Å². The molecule has 94 valence electrons. The third-order valence-corrected chi connectivity index (χ3v) is 2.84. The van der Waals surface area contributed by atoms with Gasteiger partial charge < -0.3 is 10.6 Å². The quantitative estimate of drug-likeness (QED) is 0.714. The summed E-state index contributed by atoms with van der Waals surface area (Å²) in [5.41, 5.74) is 5.86. The molecule has 0 saturated carbocycles. The Bertz CT molecular complexity index is 297. The lowest BCUT2D eigenvalue weighted by Crippen LogP contribution is -2.47. The molecule has 0 radical (unpaired) electrons. The lowest BCUT2D eigenvalue weighted by molar-refractivity contribution is -0.133. The topological polar surface area (TPSA) is 93.9 Å². The summed E-state index contributed by atoms with van der Waals surface area (Å²) >= 11 is 0. The van der Waals surface area contributed by atoms with Crippen molar-refractivity contribution in [2.75, 3.05) is 13.1 Å². The van der Waals surface area contributed by atoms with Crippen LogP contribution in [0.3, 0.4) is 0 Å². The zero-order valence-corrected chi connectivity index (χ0v) is 10.5. The van der Waals surface area contributed by atoms with E-state index in [1.165, 1.54) is 4.90 Å². The first-order valence-corrected chi connectivity index (χ1v) is 5.86. The molecule has 0 aromatic rings. The first-order valence-electron chi connectivity index (χ1n) is 5.86. The van der Waals surface area contributed by atoms with Gasteiger partial charge in [0.1, 0.15) is 0 Å². The Morgan fingerprint density at radius 2 is 1.76 bits per heavy atom. The fourth-order valence-electron chi connectivity index (χ4n) is 1.41. The van der Waals surface area contributed by atoms with E-state index in [0.29, 0.717) is 13.1 Å². The Kier molecular flexibility index (Phi) is 7.75. The summed E-state index contributed by atoms with van der Waals surface area (Å²) in [5.74, 6) is -0.0565. The zero-order chi connectivity index (χ0) is 13.3. The summed E-state index contributed by atoms with van der Waals surface area (Å²) < 4.78 is 0. The minimum absolute atomic E-state index is 0.106. The number of nitrogens with zero attached hydrogens (tertiary/aromatic N) is 3. The molecule has 0 fully saturated rings. The first-order chi connectivity index (χ1) is 8.08. The van der Waals surface area contributed by atoms with Gasteiger partial charge in [0.05, 0.1) is 31.0 Å². The lowest BCUT2D eigenvalue weighted by atomic mass is 9.99. The molecule has 0 aromatic carbocycles. The number of carbonyl (C=O) groups excluding carboxylic acids is 1. The Hall–Kier alpha value is -1.59. The molecule has 2 unspecified atom stereocenters. The summed E-state index contributed by atoms with van der Waals surface area (Å²) in [6.07, 6.45) is 1.37. The number of amides is 1. The smallest absolute Gasteiger partial charge is 0.239 e. The van der Waals surface area contributed by atoms with Gasteiger partial charge in [-0.2, -0.15) is 10.5 Å². The number of rotatable bonds is 7. The largest absolute Gasteiger partial charge is 0.339 e. The van der Waals surface area contributed by atoms with Gasteiger partial charge in [-0.15, -0.1) is 0 Å². The second kappa shape index (κ2) is 8.55. The van der Waals surface area contributed by atoms with Gasteiger partial charge in [-0.3, -0.25) is 4.79 Å². The van der Waals surface area contributed by atoms with Gasteiger partial charge in [0, 0.05) is 13.1 Å². The van der Waals surface area contributed by atoms with E-state index in [2.05, 4.69) is 0 Å². The number of nitrogens with two attached hydrogens (primary N) is 1. The van der Waals surface area contributed by atoms with Gasteiger partial charge in [0.25, 0.3) is 0 Å². The highest BCUT2D eigenvalue weighted by atomic mass is 16.2. The molecule has 0 aliphatic rings. The van der Waals surface area contributed by atoms with E-state index in [1.807, 2.05) is 26.0 Å². The van der Waals surface area contributed by atoms with Crippen LogP contribution in [-0.2, 0) is 4.79 Å². The van der Waals surface area contributed by atoms with Crippen LogP contribution in [0.5, 0.6) is 0 Å². The third kappa shape index (κ3) is 5.33. The average Bonchev–Trinajstić information content (AvgIpc) is 2.36. The van der Waals surface area contributed by atoms with E-state index in [9.17, 15) is 4.79 Å². The third-order valence-electron chi connectivity index (χ3n) is 2.84. The molecular weight excluding hydrogens is 216 g/mol. The Morgan fingerprint density at radius 3 is 2.12 bits per heavy atom. The van der Waals surface area contributed by atoms with Crippen molar-refractivity contribution in [2.24, 2.45) is 11.7 Å². The van der Waals surface area contributed by atoms with Crippen LogP contribution in [0.4, 0.5) is 0 Å². The van der Waals surface area contributed by atoms with Crippen molar-refractivity contribution in [3.05, 3.63) is 0 Å². The van der Waals surface area contributed by atoms with Crippen LogP contribution >= 0.6 is 0 Å². The molecule has 2 atom stereocenters. The highest BCUT2D eigenvalue weighted by Gasteiger charge is 2.24. The molecule has 0 saturated heterocycles. The summed E-state index contributed by atoms with van der Waals surface area (Å²) in [4.78, 5) is 13.6. The Morgan fingerprint density at radius 1 is 1.29 bits per heavy atom. The predicted molar refractivity (Wildman–Crippen MR) is 64.5 cm³/mol. The Labute approximate surface area is 103 Å². The van der Waals surface area contributed by atoms with Crippen LogP contribution in [0.1, 0.15) is 33.1 Å². The van der Waals surface area contributed by atoms with Crippen molar-refractivity contribution in [2.45, 2.75) is 39.2 Å². The number of hydrogen-bond donors (Lipinski definition) is 1. The van der Waals surface area contributed by atoms with Crippen molar-refractivity contribution in [3.63, 3.8) is 0 Å². The van der Waals surface area contributed by atoms with E-state index >= 15 is 0 Å². The molecule has 0 spiro atoms. The molecule has 0 heterocycles. The minimum atomic E-state index is -0.544. The van der Waals surface area contributed by atoms with Gasteiger partial charge in [0.2, 0.25) is 5.91 Å². The van der Waals surface area contributed by atoms with E-state index in [0.717, 1.165) is 6.42 Å². The van der Waals surface area contributed by atoms with Crippen LogP contribution < -0.4 is 5.73 Å². The SMILES string of the molecule is CCC(C)C(N)C(=O)N(CCC#N)CCC#N. The van der Waals surface area contributed by atoms with Gasteiger partial charge in [0.15, 0.2) is 0 Å². The average molecular weight is 236 g/mol. The molecule has 0 rings (SSSR count). The number of carbonyl (C=O) groups is 1. The molecule has 0 bridgehead atoms. The maximum absolute atomic E-state index is 12.0. The zero-order valence-electron chi connectivity index (χ0n) is 10.5. The second-order valence-electron chi connectivity index (χ2n) is 4.05. The molecule has 0 aliphatic heterocycles. The van der Waals surface area contributed by atoms with E-state index < -0.39 is 6.04 Å². The van der Waals surface area contributed by atoms with Crippen LogP contribution in [0, 0.1) is 28.6 Å². The van der Waals surface area contributed by atoms with Crippen molar-refractivity contribution in [3.8, 4) is 12.1 Å². The molecule has 5 nitrogen and oxygen atoms in total. The van der Waals surface area contributed by atoms with Crippen molar-refractivity contribution < 1.29 is 4.79 Å². The van der Waals surface area contributed by atoms with Gasteiger partial charge >= 0.3 is 0 Å². The number of nitriles is 2. The monoisotopic (exact) mass is 236 g/mol. The maximum atomic E-state index is 12.0. The highest BCUT2D eigenvalue weighted by Crippen LogP contribution is 2.09. The summed E-state index contributed by atoms with van der Waals surface area (Å²) in [6, 6.07) is 3.44. The minimum Gasteiger partial charge on any atom is -0.339 e. The van der Waals surface area contributed by atoms with Crippen LogP contribution in [0.25, 0.3) is 0 Å². The van der Waals surface area contributed by atoms with Crippen molar-refractivity contribution >= 4 is 5.91 Å².